The summed E-state index contributed by atoms with van der Waals surface area (Å²) >= 11 is 0. The van der Waals surface area contributed by atoms with E-state index in [1.165, 1.54) is 0 Å². The normalized spacial score (nSPS) is 12.4. The molecule has 0 bridgehead atoms. The first-order valence-electron chi connectivity index (χ1n) is 6.11. The number of benzene rings is 1. The summed E-state index contributed by atoms with van der Waals surface area (Å²) in [6.07, 6.45) is -0.538. The maximum atomic E-state index is 10.0. The number of hydrogen-bond donors (Lipinski definition) is 1. The third-order valence-electron chi connectivity index (χ3n) is 2.73. The van der Waals surface area contributed by atoms with E-state index < -0.39 is 6.10 Å². The molecule has 1 rings (SSSR count). The first-order chi connectivity index (χ1) is 8.67. The van der Waals surface area contributed by atoms with Crippen LogP contribution in [-0.2, 0) is 4.74 Å². The van der Waals surface area contributed by atoms with E-state index in [9.17, 15) is 5.11 Å². The number of likely N-dealkylation sites (N-methyl/N-ethyl adjacent to an activating group) is 1. The highest BCUT2D eigenvalue weighted by Gasteiger charge is 2.10. The maximum Gasteiger partial charge on any atom is 0.0991 e. The summed E-state index contributed by atoms with van der Waals surface area (Å²) < 4.78 is 5.26. The minimum absolute atomic E-state index is 0.538. The zero-order chi connectivity index (χ0) is 13.4. The molecule has 0 fully saturated rings. The van der Waals surface area contributed by atoms with Crippen LogP contribution in [0, 0.1) is 11.3 Å². The Balaban J connectivity index is 2.43. The van der Waals surface area contributed by atoms with Gasteiger partial charge < -0.3 is 14.7 Å². The molecule has 4 nitrogen and oxygen atoms in total. The molecule has 1 unspecified atom stereocenters. The first kappa shape index (κ1) is 14.7. The van der Waals surface area contributed by atoms with Gasteiger partial charge in [0.1, 0.15) is 0 Å². The maximum absolute atomic E-state index is 10.0. The average molecular weight is 248 g/mol. The quantitative estimate of drug-likeness (QED) is 0.744. The molecule has 0 aliphatic carbocycles. The van der Waals surface area contributed by atoms with Crippen LogP contribution in [0.5, 0.6) is 0 Å². The molecule has 1 N–H and O–H groups in total. The van der Waals surface area contributed by atoms with E-state index in [1.54, 1.807) is 24.3 Å². The van der Waals surface area contributed by atoms with Gasteiger partial charge in [-0.3, -0.25) is 0 Å². The molecule has 0 radical (unpaired) electrons. The lowest BCUT2D eigenvalue weighted by Gasteiger charge is -2.20. The third kappa shape index (κ3) is 4.84. The molecule has 0 saturated heterocycles. The van der Waals surface area contributed by atoms with Crippen LogP contribution in [0.4, 0.5) is 0 Å². The van der Waals surface area contributed by atoms with E-state index in [0.717, 1.165) is 12.1 Å². The fraction of sp³-hybridized carbons (Fsp3) is 0.500. The van der Waals surface area contributed by atoms with Crippen LogP contribution < -0.4 is 0 Å². The van der Waals surface area contributed by atoms with E-state index in [4.69, 9.17) is 10.00 Å². The summed E-state index contributed by atoms with van der Waals surface area (Å²) in [5.41, 5.74) is 1.44. The van der Waals surface area contributed by atoms with Gasteiger partial charge in [0.25, 0.3) is 0 Å². The summed E-state index contributed by atoms with van der Waals surface area (Å²) in [4.78, 5) is 2.03. The molecule has 0 spiro atoms. The zero-order valence-electron chi connectivity index (χ0n) is 11.0. The van der Waals surface area contributed by atoms with Gasteiger partial charge in [-0.2, -0.15) is 5.26 Å². The molecule has 0 aliphatic rings. The van der Waals surface area contributed by atoms with E-state index in [0.29, 0.717) is 25.3 Å². The Hall–Kier alpha value is -1.41. The molecule has 0 aliphatic heterocycles. The van der Waals surface area contributed by atoms with Gasteiger partial charge in [0, 0.05) is 19.7 Å². The fourth-order valence-corrected chi connectivity index (χ4v) is 1.64. The summed E-state index contributed by atoms with van der Waals surface area (Å²) in [6.45, 7) is 4.70. The van der Waals surface area contributed by atoms with Gasteiger partial charge in [-0.15, -0.1) is 0 Å². The standard InChI is InChI=1S/C14H20N2O2/c1-3-18-9-8-16(2)11-14(17)13-6-4-12(10-15)5-7-13/h4-7,14,17H,3,8-9,11H2,1-2H3. The second kappa shape index (κ2) is 7.83. The summed E-state index contributed by atoms with van der Waals surface area (Å²) in [7, 11) is 1.95. The average Bonchev–Trinajstić information content (AvgIpc) is 2.39. The molecule has 18 heavy (non-hydrogen) atoms. The van der Waals surface area contributed by atoms with Crippen molar-refractivity contribution in [3.63, 3.8) is 0 Å². The van der Waals surface area contributed by atoms with Gasteiger partial charge in [0.15, 0.2) is 0 Å². The van der Waals surface area contributed by atoms with Gasteiger partial charge >= 0.3 is 0 Å². The van der Waals surface area contributed by atoms with Gasteiger partial charge in [0.2, 0.25) is 0 Å². The highest BCUT2D eigenvalue weighted by Crippen LogP contribution is 2.14. The van der Waals surface area contributed by atoms with Crippen molar-refractivity contribution >= 4 is 0 Å². The highest BCUT2D eigenvalue weighted by atomic mass is 16.5. The van der Waals surface area contributed by atoms with Crippen LogP contribution in [0.2, 0.25) is 0 Å². The van der Waals surface area contributed by atoms with Crippen LogP contribution >= 0.6 is 0 Å². The second-order valence-corrected chi connectivity index (χ2v) is 4.21. The van der Waals surface area contributed by atoms with Crippen LogP contribution in [0.25, 0.3) is 0 Å². The molecule has 0 heterocycles. The van der Waals surface area contributed by atoms with E-state index in [2.05, 4.69) is 6.07 Å². The Bertz CT molecular complexity index is 384. The van der Waals surface area contributed by atoms with Crippen molar-refractivity contribution < 1.29 is 9.84 Å². The van der Waals surface area contributed by atoms with Crippen molar-refractivity contribution in [2.24, 2.45) is 0 Å². The Morgan fingerprint density at radius 1 is 1.39 bits per heavy atom. The van der Waals surface area contributed by atoms with Gasteiger partial charge in [-0.1, -0.05) is 12.1 Å². The van der Waals surface area contributed by atoms with Crippen LogP contribution in [0.15, 0.2) is 24.3 Å². The number of rotatable bonds is 7. The van der Waals surface area contributed by atoms with E-state index >= 15 is 0 Å². The lowest BCUT2D eigenvalue weighted by molar-refractivity contribution is 0.0891. The zero-order valence-corrected chi connectivity index (χ0v) is 11.0. The van der Waals surface area contributed by atoms with Crippen molar-refractivity contribution in [3.05, 3.63) is 35.4 Å². The Morgan fingerprint density at radius 2 is 2.06 bits per heavy atom. The van der Waals surface area contributed by atoms with Crippen LogP contribution in [0.1, 0.15) is 24.2 Å². The number of aliphatic hydroxyl groups is 1. The molecule has 98 valence electrons. The number of ether oxygens (including phenoxy) is 1. The Kier molecular flexibility index (Phi) is 6.37. The largest absolute Gasteiger partial charge is 0.387 e. The van der Waals surface area contributed by atoms with Crippen molar-refractivity contribution in [3.8, 4) is 6.07 Å². The molecule has 0 aromatic heterocycles. The van der Waals surface area contributed by atoms with E-state index in [1.807, 2.05) is 18.9 Å². The minimum Gasteiger partial charge on any atom is -0.387 e. The first-order valence-corrected chi connectivity index (χ1v) is 6.11. The van der Waals surface area contributed by atoms with Gasteiger partial charge in [-0.25, -0.2) is 0 Å². The summed E-state index contributed by atoms with van der Waals surface area (Å²) in [5, 5.41) is 18.7. The summed E-state index contributed by atoms with van der Waals surface area (Å²) in [5.74, 6) is 0. The SMILES string of the molecule is CCOCCN(C)CC(O)c1ccc(C#N)cc1. The third-order valence-corrected chi connectivity index (χ3v) is 2.73. The fourth-order valence-electron chi connectivity index (χ4n) is 1.64. The predicted molar refractivity (Wildman–Crippen MR) is 70.1 cm³/mol. The second-order valence-electron chi connectivity index (χ2n) is 4.21. The van der Waals surface area contributed by atoms with Gasteiger partial charge in [0.05, 0.1) is 24.3 Å². The van der Waals surface area contributed by atoms with Gasteiger partial charge in [-0.05, 0) is 31.7 Å². The topological polar surface area (TPSA) is 56.5 Å². The molecule has 1 aromatic carbocycles. The molecule has 0 amide bonds. The molecule has 4 heteroatoms. The predicted octanol–water partition coefficient (Wildman–Crippen LogP) is 1.56. The monoisotopic (exact) mass is 248 g/mol. The van der Waals surface area contributed by atoms with Crippen LogP contribution in [0.3, 0.4) is 0 Å². The molecule has 1 aromatic rings. The smallest absolute Gasteiger partial charge is 0.0991 e. The van der Waals surface area contributed by atoms with E-state index in [-0.39, 0.29) is 0 Å². The number of nitriles is 1. The number of hydrogen-bond acceptors (Lipinski definition) is 4. The van der Waals surface area contributed by atoms with Crippen molar-refractivity contribution in [2.75, 3.05) is 33.4 Å². The molecular formula is C14H20N2O2. The Labute approximate surface area is 108 Å². The molecule has 0 saturated carbocycles. The molecule has 1 atom stereocenters. The van der Waals surface area contributed by atoms with Crippen molar-refractivity contribution in [2.45, 2.75) is 13.0 Å². The lowest BCUT2D eigenvalue weighted by atomic mass is 10.1. The Morgan fingerprint density at radius 3 is 2.61 bits per heavy atom. The molecular weight excluding hydrogens is 228 g/mol. The summed E-state index contributed by atoms with van der Waals surface area (Å²) in [6, 6.07) is 9.08. The highest BCUT2D eigenvalue weighted by molar-refractivity contribution is 5.32. The van der Waals surface area contributed by atoms with Crippen LogP contribution in [-0.4, -0.2) is 43.4 Å². The number of nitrogens with zero attached hydrogens (tertiary/aromatic N) is 2. The minimum atomic E-state index is -0.538. The lowest BCUT2D eigenvalue weighted by Crippen LogP contribution is -2.28. The van der Waals surface area contributed by atoms with Crippen molar-refractivity contribution in [1.29, 1.82) is 5.26 Å². The number of aliphatic hydroxyl groups excluding tert-OH is 1. The van der Waals surface area contributed by atoms with Crippen molar-refractivity contribution in [1.82, 2.24) is 4.90 Å².